The van der Waals surface area contributed by atoms with Gasteiger partial charge in [-0.25, -0.2) is 0 Å². The molecule has 0 amide bonds. The van der Waals surface area contributed by atoms with Crippen LogP contribution < -0.4 is 11.5 Å². The number of thiophene rings is 1. The highest BCUT2D eigenvalue weighted by Crippen LogP contribution is 2.35. The van der Waals surface area contributed by atoms with Gasteiger partial charge in [-0.3, -0.25) is 0 Å². The van der Waals surface area contributed by atoms with Gasteiger partial charge in [0.2, 0.25) is 0 Å². The SMILES string of the molecule is Nc1ccc(-c2ccc(N)cc2-c2ccc(-c3cccs3)cc2)cc1. The normalized spacial score (nSPS) is 10.7. The summed E-state index contributed by atoms with van der Waals surface area (Å²) in [5.74, 6) is 0. The van der Waals surface area contributed by atoms with Crippen LogP contribution in [-0.2, 0) is 0 Å². The van der Waals surface area contributed by atoms with E-state index in [2.05, 4.69) is 47.8 Å². The Balaban J connectivity index is 1.79. The third-order valence-corrected chi connectivity index (χ3v) is 5.19. The molecule has 0 saturated heterocycles. The minimum atomic E-state index is 0.761. The highest BCUT2D eigenvalue weighted by atomic mass is 32.1. The standard InChI is InChI=1S/C22H18N2S/c23-18-9-7-15(8-10-18)20-12-11-19(24)14-21(20)16-3-5-17(6-4-16)22-2-1-13-25-22/h1-14H,23-24H2. The zero-order valence-electron chi connectivity index (χ0n) is 13.6. The first-order chi connectivity index (χ1) is 12.2. The summed E-state index contributed by atoms with van der Waals surface area (Å²) in [5.41, 5.74) is 19.2. The van der Waals surface area contributed by atoms with Crippen molar-refractivity contribution in [3.05, 3.63) is 84.2 Å². The number of hydrogen-bond acceptors (Lipinski definition) is 3. The third kappa shape index (κ3) is 3.14. The molecule has 0 spiro atoms. The molecule has 122 valence electrons. The van der Waals surface area contributed by atoms with Gasteiger partial charge in [0.1, 0.15) is 0 Å². The number of benzene rings is 3. The predicted molar refractivity (Wildman–Crippen MR) is 109 cm³/mol. The molecule has 3 heteroatoms. The molecule has 0 saturated carbocycles. The first-order valence-corrected chi connectivity index (χ1v) is 8.98. The van der Waals surface area contributed by atoms with E-state index in [0.717, 1.165) is 33.6 Å². The van der Waals surface area contributed by atoms with Crippen LogP contribution in [-0.4, -0.2) is 0 Å². The Kier molecular flexibility index (Phi) is 4.00. The van der Waals surface area contributed by atoms with Gasteiger partial charge in [0, 0.05) is 16.3 Å². The van der Waals surface area contributed by atoms with Crippen molar-refractivity contribution in [2.45, 2.75) is 0 Å². The Morgan fingerprint density at radius 3 is 1.84 bits per heavy atom. The summed E-state index contributed by atoms with van der Waals surface area (Å²) >= 11 is 1.75. The molecule has 0 atom stereocenters. The summed E-state index contributed by atoms with van der Waals surface area (Å²) in [7, 11) is 0. The summed E-state index contributed by atoms with van der Waals surface area (Å²) in [6, 6.07) is 26.8. The van der Waals surface area contributed by atoms with E-state index in [9.17, 15) is 0 Å². The van der Waals surface area contributed by atoms with Crippen molar-refractivity contribution >= 4 is 22.7 Å². The zero-order chi connectivity index (χ0) is 17.2. The highest BCUT2D eigenvalue weighted by Gasteiger charge is 2.09. The second-order valence-corrected chi connectivity index (χ2v) is 6.93. The maximum absolute atomic E-state index is 6.06. The molecule has 1 aromatic heterocycles. The first kappa shape index (κ1) is 15.5. The van der Waals surface area contributed by atoms with Crippen molar-refractivity contribution in [2.75, 3.05) is 11.5 Å². The Labute approximate surface area is 151 Å². The van der Waals surface area contributed by atoms with Crippen molar-refractivity contribution < 1.29 is 0 Å². The summed E-state index contributed by atoms with van der Waals surface area (Å²) < 4.78 is 0. The Bertz CT molecular complexity index is 985. The molecule has 0 aliphatic heterocycles. The zero-order valence-corrected chi connectivity index (χ0v) is 14.5. The summed E-state index contributed by atoms with van der Waals surface area (Å²) in [6.45, 7) is 0. The van der Waals surface area contributed by atoms with Gasteiger partial charge in [-0.2, -0.15) is 0 Å². The van der Waals surface area contributed by atoms with Crippen LogP contribution in [0.25, 0.3) is 32.7 Å². The largest absolute Gasteiger partial charge is 0.399 e. The fraction of sp³-hybridized carbons (Fsp3) is 0. The van der Waals surface area contributed by atoms with Crippen LogP contribution in [0, 0.1) is 0 Å². The maximum Gasteiger partial charge on any atom is 0.0342 e. The van der Waals surface area contributed by atoms with Crippen LogP contribution >= 0.6 is 11.3 Å². The Hall–Kier alpha value is -3.04. The van der Waals surface area contributed by atoms with Crippen molar-refractivity contribution in [1.82, 2.24) is 0 Å². The molecule has 4 rings (SSSR count). The smallest absolute Gasteiger partial charge is 0.0342 e. The number of anilines is 2. The quantitative estimate of drug-likeness (QED) is 0.454. The van der Waals surface area contributed by atoms with Crippen molar-refractivity contribution in [2.24, 2.45) is 0 Å². The van der Waals surface area contributed by atoms with Crippen LogP contribution in [0.3, 0.4) is 0 Å². The Morgan fingerprint density at radius 2 is 1.16 bits per heavy atom. The van der Waals surface area contributed by atoms with Gasteiger partial charge in [0.05, 0.1) is 0 Å². The van der Waals surface area contributed by atoms with Gasteiger partial charge < -0.3 is 11.5 Å². The van der Waals surface area contributed by atoms with E-state index in [1.807, 2.05) is 36.4 Å². The van der Waals surface area contributed by atoms with E-state index in [1.165, 1.54) is 10.4 Å². The van der Waals surface area contributed by atoms with Crippen molar-refractivity contribution in [3.8, 4) is 32.7 Å². The summed E-state index contributed by atoms with van der Waals surface area (Å²) in [4.78, 5) is 1.28. The van der Waals surface area contributed by atoms with Crippen molar-refractivity contribution in [3.63, 3.8) is 0 Å². The molecule has 0 fully saturated rings. The Morgan fingerprint density at radius 1 is 0.560 bits per heavy atom. The van der Waals surface area contributed by atoms with Gasteiger partial charge in [0.25, 0.3) is 0 Å². The molecule has 0 radical (unpaired) electrons. The average Bonchev–Trinajstić information content (AvgIpc) is 3.17. The molecule has 4 aromatic rings. The molecule has 0 bridgehead atoms. The molecule has 0 unspecified atom stereocenters. The summed E-state index contributed by atoms with van der Waals surface area (Å²) in [6.07, 6.45) is 0. The van der Waals surface area contributed by atoms with Crippen LogP contribution in [0.4, 0.5) is 11.4 Å². The highest BCUT2D eigenvalue weighted by molar-refractivity contribution is 7.13. The van der Waals surface area contributed by atoms with Gasteiger partial charge in [-0.15, -0.1) is 11.3 Å². The number of rotatable bonds is 3. The van der Waals surface area contributed by atoms with E-state index in [4.69, 9.17) is 11.5 Å². The fourth-order valence-corrected chi connectivity index (χ4v) is 3.71. The fourth-order valence-electron chi connectivity index (χ4n) is 2.97. The first-order valence-electron chi connectivity index (χ1n) is 8.10. The van der Waals surface area contributed by atoms with Crippen LogP contribution in [0.2, 0.25) is 0 Å². The van der Waals surface area contributed by atoms with Gasteiger partial charge in [0.15, 0.2) is 0 Å². The third-order valence-electron chi connectivity index (χ3n) is 4.27. The molecule has 4 N–H and O–H groups in total. The lowest BCUT2D eigenvalue weighted by atomic mass is 9.93. The number of hydrogen-bond donors (Lipinski definition) is 2. The second kappa shape index (κ2) is 6.46. The van der Waals surface area contributed by atoms with Gasteiger partial charge >= 0.3 is 0 Å². The van der Waals surface area contributed by atoms with E-state index in [-0.39, 0.29) is 0 Å². The van der Waals surface area contributed by atoms with E-state index in [0.29, 0.717) is 0 Å². The summed E-state index contributed by atoms with van der Waals surface area (Å²) in [5, 5.41) is 2.10. The average molecular weight is 342 g/mol. The van der Waals surface area contributed by atoms with E-state index >= 15 is 0 Å². The molecule has 2 nitrogen and oxygen atoms in total. The molecular formula is C22H18N2S. The maximum atomic E-state index is 6.06. The second-order valence-electron chi connectivity index (χ2n) is 5.98. The monoisotopic (exact) mass is 342 g/mol. The molecule has 0 aliphatic rings. The molecule has 1 heterocycles. The van der Waals surface area contributed by atoms with Crippen molar-refractivity contribution in [1.29, 1.82) is 0 Å². The molecule has 25 heavy (non-hydrogen) atoms. The molecule has 0 aliphatic carbocycles. The minimum Gasteiger partial charge on any atom is -0.399 e. The lowest BCUT2D eigenvalue weighted by molar-refractivity contribution is 1.57. The topological polar surface area (TPSA) is 52.0 Å². The van der Waals surface area contributed by atoms with Gasteiger partial charge in [-0.05, 0) is 63.5 Å². The van der Waals surface area contributed by atoms with Gasteiger partial charge in [-0.1, -0.05) is 48.5 Å². The predicted octanol–water partition coefficient (Wildman–Crippen LogP) is 5.91. The number of nitrogens with two attached hydrogens (primary N) is 2. The lowest BCUT2D eigenvalue weighted by Gasteiger charge is -2.12. The van der Waals surface area contributed by atoms with Crippen LogP contribution in [0.1, 0.15) is 0 Å². The number of nitrogen functional groups attached to an aromatic ring is 2. The lowest BCUT2D eigenvalue weighted by Crippen LogP contribution is -1.91. The van der Waals surface area contributed by atoms with Crippen LogP contribution in [0.15, 0.2) is 84.2 Å². The minimum absolute atomic E-state index is 0.761. The van der Waals surface area contributed by atoms with E-state index in [1.54, 1.807) is 11.3 Å². The molecular weight excluding hydrogens is 324 g/mol. The molecule has 3 aromatic carbocycles. The van der Waals surface area contributed by atoms with Crippen LogP contribution in [0.5, 0.6) is 0 Å². The van der Waals surface area contributed by atoms with E-state index < -0.39 is 0 Å².